The molecule has 0 bridgehead atoms. The van der Waals surface area contributed by atoms with E-state index in [9.17, 15) is 0 Å². The Morgan fingerprint density at radius 2 is 1.53 bits per heavy atom. The smallest absolute Gasteiger partial charge is 0.0277 e. The van der Waals surface area contributed by atoms with Gasteiger partial charge >= 0.3 is 0 Å². The number of benzene rings is 1. The summed E-state index contributed by atoms with van der Waals surface area (Å²) in [5, 5.41) is 6.99. The first-order chi connectivity index (χ1) is 8.20. The Balaban J connectivity index is 3.10. The molecule has 0 aliphatic heterocycles. The molecule has 0 amide bonds. The molecule has 0 aliphatic rings. The van der Waals surface area contributed by atoms with Crippen molar-refractivity contribution in [3.8, 4) is 0 Å². The van der Waals surface area contributed by atoms with Crippen LogP contribution in [0.5, 0.6) is 0 Å². The summed E-state index contributed by atoms with van der Waals surface area (Å²) in [6.45, 7) is 4.21. The quantitative estimate of drug-likeness (QED) is 0.760. The van der Waals surface area contributed by atoms with E-state index < -0.39 is 0 Å². The second-order valence-corrected chi connectivity index (χ2v) is 3.79. The highest BCUT2D eigenvalue weighted by Crippen LogP contribution is 2.20. The molecule has 0 saturated carbocycles. The first-order valence-corrected chi connectivity index (χ1v) is 5.57. The van der Waals surface area contributed by atoms with Gasteiger partial charge in [0.05, 0.1) is 0 Å². The Bertz CT molecular complexity index is 480. The Morgan fingerprint density at radius 1 is 1.00 bits per heavy atom. The van der Waals surface area contributed by atoms with Crippen LogP contribution in [0.3, 0.4) is 0 Å². The normalized spacial score (nSPS) is 11.9. The van der Waals surface area contributed by atoms with Crippen molar-refractivity contribution < 1.29 is 0 Å². The van der Waals surface area contributed by atoms with Crippen LogP contribution < -0.4 is 0 Å². The van der Waals surface area contributed by atoms with Crippen LogP contribution in [0.15, 0.2) is 29.3 Å². The molecule has 0 aliphatic carbocycles. The third-order valence-electron chi connectivity index (χ3n) is 2.75. The second-order valence-electron chi connectivity index (χ2n) is 3.79. The zero-order valence-electron chi connectivity index (χ0n) is 10.6. The molecule has 1 aromatic carbocycles. The van der Waals surface area contributed by atoms with Crippen LogP contribution in [-0.4, -0.2) is 19.5 Å². The zero-order valence-corrected chi connectivity index (χ0v) is 10.6. The number of nitrogens with one attached hydrogen (secondary N) is 1. The lowest BCUT2D eigenvalue weighted by molar-refractivity contribution is 1.31. The molecule has 1 N–H and O–H groups in total. The molecule has 0 fully saturated rings. The van der Waals surface area contributed by atoms with E-state index in [0.717, 1.165) is 5.56 Å². The summed E-state index contributed by atoms with van der Waals surface area (Å²) in [6.07, 6.45) is 10.8. The lowest BCUT2D eigenvalue weighted by Crippen LogP contribution is -1.90. The van der Waals surface area contributed by atoms with Crippen molar-refractivity contribution in [2.75, 3.05) is 7.05 Å². The average Bonchev–Trinajstić information content (AvgIpc) is 2.34. The van der Waals surface area contributed by atoms with Gasteiger partial charge in [0.2, 0.25) is 0 Å². The minimum absolute atomic E-state index is 1.16. The fourth-order valence-electron chi connectivity index (χ4n) is 1.61. The van der Waals surface area contributed by atoms with Gasteiger partial charge in [0, 0.05) is 19.5 Å². The molecule has 0 unspecified atom stereocenters. The molecule has 1 aromatic rings. The van der Waals surface area contributed by atoms with Crippen LogP contribution in [0.25, 0.3) is 12.2 Å². The van der Waals surface area contributed by atoms with Gasteiger partial charge in [-0.2, -0.15) is 0 Å². The monoisotopic (exact) mass is 226 g/mol. The molecule has 0 radical (unpaired) electrons. The molecule has 2 heteroatoms. The summed E-state index contributed by atoms with van der Waals surface area (Å²) in [4.78, 5) is 3.91. The van der Waals surface area contributed by atoms with E-state index in [-0.39, 0.29) is 0 Å². The van der Waals surface area contributed by atoms with E-state index >= 15 is 0 Å². The van der Waals surface area contributed by atoms with Crippen molar-refractivity contribution in [1.29, 1.82) is 5.41 Å². The van der Waals surface area contributed by atoms with Crippen LogP contribution in [-0.2, 0) is 0 Å². The SMILES string of the molecule is CN=C/C=C\c1ccc(/C=C\C=N)c(C)c1C. The van der Waals surface area contributed by atoms with Gasteiger partial charge in [-0.1, -0.05) is 24.3 Å². The zero-order chi connectivity index (χ0) is 12.7. The van der Waals surface area contributed by atoms with Crippen LogP contribution in [0.2, 0.25) is 0 Å². The minimum atomic E-state index is 1.16. The van der Waals surface area contributed by atoms with Crippen molar-refractivity contribution in [3.63, 3.8) is 0 Å². The van der Waals surface area contributed by atoms with Crippen LogP contribution in [0.1, 0.15) is 22.3 Å². The Morgan fingerprint density at radius 3 is 2.00 bits per heavy atom. The molecule has 0 atom stereocenters. The highest BCUT2D eigenvalue weighted by atomic mass is 14.6. The maximum atomic E-state index is 6.99. The molecular weight excluding hydrogens is 208 g/mol. The largest absolute Gasteiger partial charge is 0.309 e. The van der Waals surface area contributed by atoms with E-state index in [0.29, 0.717) is 0 Å². The molecule has 2 nitrogen and oxygen atoms in total. The first-order valence-electron chi connectivity index (χ1n) is 5.57. The summed E-state index contributed by atoms with van der Waals surface area (Å²) >= 11 is 0. The maximum absolute atomic E-state index is 6.99. The summed E-state index contributed by atoms with van der Waals surface area (Å²) in [6, 6.07) is 4.16. The van der Waals surface area contributed by atoms with Crippen LogP contribution in [0, 0.1) is 19.3 Å². The van der Waals surface area contributed by atoms with Gasteiger partial charge in [-0.3, -0.25) is 4.99 Å². The van der Waals surface area contributed by atoms with Crippen LogP contribution >= 0.6 is 0 Å². The van der Waals surface area contributed by atoms with Crippen molar-refractivity contribution in [2.24, 2.45) is 4.99 Å². The minimum Gasteiger partial charge on any atom is -0.309 e. The van der Waals surface area contributed by atoms with E-state index in [1.807, 2.05) is 12.2 Å². The Labute approximate surface area is 103 Å². The lowest BCUT2D eigenvalue weighted by Gasteiger charge is -2.08. The fourth-order valence-corrected chi connectivity index (χ4v) is 1.61. The molecular formula is C15H18N2. The Hall–Kier alpha value is -1.96. The molecule has 17 heavy (non-hydrogen) atoms. The maximum Gasteiger partial charge on any atom is 0.0277 e. The average molecular weight is 226 g/mol. The molecule has 88 valence electrons. The fraction of sp³-hybridized carbons (Fsp3) is 0.200. The number of allylic oxidation sites excluding steroid dienone is 2. The topological polar surface area (TPSA) is 36.2 Å². The molecule has 0 heterocycles. The third kappa shape index (κ3) is 3.52. The van der Waals surface area contributed by atoms with Gasteiger partial charge in [-0.05, 0) is 48.3 Å². The first kappa shape index (κ1) is 13.1. The van der Waals surface area contributed by atoms with Gasteiger partial charge in [-0.15, -0.1) is 0 Å². The van der Waals surface area contributed by atoms with E-state index in [2.05, 4.69) is 37.0 Å². The number of hydrogen-bond donors (Lipinski definition) is 1. The molecule has 0 aromatic heterocycles. The number of hydrogen-bond acceptors (Lipinski definition) is 2. The predicted molar refractivity (Wildman–Crippen MR) is 77.2 cm³/mol. The van der Waals surface area contributed by atoms with Gasteiger partial charge in [0.25, 0.3) is 0 Å². The lowest BCUT2D eigenvalue weighted by atomic mass is 9.97. The van der Waals surface area contributed by atoms with Crippen molar-refractivity contribution in [3.05, 3.63) is 46.5 Å². The molecule has 0 saturated heterocycles. The molecule has 1 rings (SSSR count). The standard InChI is InChI=1S/C15H18N2/c1-12-13(2)15(7-5-11-17-3)9-8-14(12)6-4-10-16/h4-11,16H,1-3H3/b6-4-,7-5-,16-10?,17-11?. The number of nitrogens with zero attached hydrogens (tertiary/aromatic N) is 1. The van der Waals surface area contributed by atoms with Gasteiger partial charge in [0.15, 0.2) is 0 Å². The number of aliphatic imine (C=N–C) groups is 1. The van der Waals surface area contributed by atoms with Gasteiger partial charge in [0.1, 0.15) is 0 Å². The van der Waals surface area contributed by atoms with E-state index in [1.54, 1.807) is 19.3 Å². The summed E-state index contributed by atoms with van der Waals surface area (Å²) in [7, 11) is 1.76. The van der Waals surface area contributed by atoms with Gasteiger partial charge in [-0.25, -0.2) is 0 Å². The van der Waals surface area contributed by atoms with Gasteiger partial charge < -0.3 is 5.41 Å². The third-order valence-corrected chi connectivity index (χ3v) is 2.75. The Kier molecular flexibility index (Phi) is 5.08. The van der Waals surface area contributed by atoms with Crippen molar-refractivity contribution in [2.45, 2.75) is 13.8 Å². The molecule has 0 spiro atoms. The number of rotatable bonds is 4. The second kappa shape index (κ2) is 6.59. The summed E-state index contributed by atoms with van der Waals surface area (Å²) in [5.41, 5.74) is 4.87. The van der Waals surface area contributed by atoms with Crippen molar-refractivity contribution in [1.82, 2.24) is 0 Å². The van der Waals surface area contributed by atoms with Crippen molar-refractivity contribution >= 4 is 24.6 Å². The highest BCUT2D eigenvalue weighted by molar-refractivity contribution is 5.80. The predicted octanol–water partition coefficient (Wildman–Crippen LogP) is 3.68. The highest BCUT2D eigenvalue weighted by Gasteiger charge is 2.01. The summed E-state index contributed by atoms with van der Waals surface area (Å²) in [5.74, 6) is 0. The van der Waals surface area contributed by atoms with Crippen LogP contribution in [0.4, 0.5) is 0 Å². The summed E-state index contributed by atoms with van der Waals surface area (Å²) < 4.78 is 0. The van der Waals surface area contributed by atoms with E-state index in [4.69, 9.17) is 5.41 Å². The van der Waals surface area contributed by atoms with E-state index in [1.165, 1.54) is 22.9 Å².